The Balaban J connectivity index is 2.00. The highest BCUT2D eigenvalue weighted by Crippen LogP contribution is 2.26. The van der Waals surface area contributed by atoms with Gasteiger partial charge in [-0.15, -0.1) is 0 Å². The molecule has 0 saturated carbocycles. The van der Waals surface area contributed by atoms with Gasteiger partial charge in [-0.25, -0.2) is 0 Å². The van der Waals surface area contributed by atoms with Gasteiger partial charge in [-0.3, -0.25) is 9.59 Å². The third-order valence-electron chi connectivity index (χ3n) is 3.56. The quantitative estimate of drug-likeness (QED) is 0.900. The predicted molar refractivity (Wildman–Crippen MR) is 81.3 cm³/mol. The summed E-state index contributed by atoms with van der Waals surface area (Å²) in [7, 11) is 1.60. The van der Waals surface area contributed by atoms with Crippen molar-refractivity contribution in [2.75, 3.05) is 25.1 Å². The zero-order chi connectivity index (χ0) is 15.4. The number of carbonyl (C=O) groups excluding carboxylic acids is 2. The van der Waals surface area contributed by atoms with Crippen LogP contribution in [0, 0.1) is 11.8 Å². The first-order valence-electron chi connectivity index (χ1n) is 7.23. The Morgan fingerprint density at radius 1 is 1.38 bits per heavy atom. The van der Waals surface area contributed by atoms with Crippen LogP contribution < -0.4 is 15.0 Å². The molecule has 1 N–H and O–H groups in total. The van der Waals surface area contributed by atoms with Crippen molar-refractivity contribution in [1.29, 1.82) is 0 Å². The zero-order valence-corrected chi connectivity index (χ0v) is 12.8. The van der Waals surface area contributed by atoms with E-state index >= 15 is 0 Å². The van der Waals surface area contributed by atoms with Crippen molar-refractivity contribution in [2.45, 2.75) is 20.3 Å². The summed E-state index contributed by atoms with van der Waals surface area (Å²) in [6, 6.07) is 7.31. The van der Waals surface area contributed by atoms with Crippen LogP contribution in [0.1, 0.15) is 20.3 Å². The van der Waals surface area contributed by atoms with Crippen molar-refractivity contribution in [2.24, 2.45) is 11.8 Å². The van der Waals surface area contributed by atoms with E-state index < -0.39 is 0 Å². The van der Waals surface area contributed by atoms with E-state index in [9.17, 15) is 9.59 Å². The fourth-order valence-electron chi connectivity index (χ4n) is 2.34. The molecule has 0 aromatic heterocycles. The van der Waals surface area contributed by atoms with Crippen LogP contribution in [-0.4, -0.2) is 32.0 Å². The number of methoxy groups -OCH3 is 1. The van der Waals surface area contributed by atoms with Gasteiger partial charge in [0, 0.05) is 25.2 Å². The molecule has 5 nitrogen and oxygen atoms in total. The molecule has 1 aromatic rings. The Morgan fingerprint density at radius 2 is 2.05 bits per heavy atom. The zero-order valence-electron chi connectivity index (χ0n) is 12.8. The second-order valence-corrected chi connectivity index (χ2v) is 5.74. The minimum atomic E-state index is -0.265. The summed E-state index contributed by atoms with van der Waals surface area (Å²) in [5.74, 6) is 0.844. The summed E-state index contributed by atoms with van der Waals surface area (Å²) in [4.78, 5) is 25.8. The molecule has 0 radical (unpaired) electrons. The Morgan fingerprint density at radius 3 is 2.62 bits per heavy atom. The van der Waals surface area contributed by atoms with Crippen molar-refractivity contribution >= 4 is 17.5 Å². The van der Waals surface area contributed by atoms with Gasteiger partial charge in [-0.05, 0) is 30.2 Å². The maximum Gasteiger partial charge on any atom is 0.227 e. The van der Waals surface area contributed by atoms with Crippen LogP contribution in [0.5, 0.6) is 5.75 Å². The van der Waals surface area contributed by atoms with E-state index in [4.69, 9.17) is 4.74 Å². The number of hydrogen-bond acceptors (Lipinski definition) is 3. The van der Waals surface area contributed by atoms with Crippen LogP contribution >= 0.6 is 0 Å². The van der Waals surface area contributed by atoms with Crippen molar-refractivity contribution in [1.82, 2.24) is 5.32 Å². The van der Waals surface area contributed by atoms with Gasteiger partial charge in [0.1, 0.15) is 5.75 Å². The molecule has 2 rings (SSSR count). The van der Waals surface area contributed by atoms with Crippen molar-refractivity contribution in [3.8, 4) is 5.75 Å². The summed E-state index contributed by atoms with van der Waals surface area (Å²) < 4.78 is 5.10. The predicted octanol–water partition coefficient (Wildman–Crippen LogP) is 1.82. The van der Waals surface area contributed by atoms with E-state index in [2.05, 4.69) is 5.32 Å². The van der Waals surface area contributed by atoms with E-state index in [1.54, 1.807) is 12.0 Å². The minimum absolute atomic E-state index is 0.00939. The molecule has 1 saturated heterocycles. The minimum Gasteiger partial charge on any atom is -0.497 e. The molecule has 0 aliphatic carbocycles. The van der Waals surface area contributed by atoms with Crippen molar-refractivity contribution < 1.29 is 14.3 Å². The lowest BCUT2D eigenvalue weighted by Gasteiger charge is -2.17. The molecule has 0 unspecified atom stereocenters. The van der Waals surface area contributed by atoms with Crippen LogP contribution in [0.15, 0.2) is 24.3 Å². The molecule has 0 bridgehead atoms. The molecule has 21 heavy (non-hydrogen) atoms. The van der Waals surface area contributed by atoms with E-state index in [1.807, 2.05) is 38.1 Å². The number of amides is 2. The van der Waals surface area contributed by atoms with Crippen LogP contribution in [-0.2, 0) is 9.59 Å². The van der Waals surface area contributed by atoms with Crippen molar-refractivity contribution in [3.63, 3.8) is 0 Å². The molecule has 1 aliphatic heterocycles. The maximum absolute atomic E-state index is 12.1. The summed E-state index contributed by atoms with van der Waals surface area (Å²) in [6.45, 7) is 5.18. The van der Waals surface area contributed by atoms with Crippen LogP contribution in [0.3, 0.4) is 0 Å². The molecule has 1 aliphatic rings. The van der Waals surface area contributed by atoms with E-state index in [0.29, 0.717) is 19.0 Å². The van der Waals surface area contributed by atoms with Gasteiger partial charge in [0.2, 0.25) is 11.8 Å². The third kappa shape index (κ3) is 3.74. The number of ether oxygens (including phenoxy) is 1. The fourth-order valence-corrected chi connectivity index (χ4v) is 2.34. The summed E-state index contributed by atoms with van der Waals surface area (Å²) in [6.07, 6.45) is 0.274. The highest BCUT2D eigenvalue weighted by Gasteiger charge is 2.34. The Kier molecular flexibility index (Phi) is 4.83. The summed E-state index contributed by atoms with van der Waals surface area (Å²) in [5, 5.41) is 2.90. The van der Waals surface area contributed by atoms with Gasteiger partial charge < -0.3 is 15.0 Å². The first-order valence-corrected chi connectivity index (χ1v) is 7.23. The average molecular weight is 290 g/mol. The molecular formula is C16H22N2O3. The van der Waals surface area contributed by atoms with Gasteiger partial charge in [-0.2, -0.15) is 0 Å². The first kappa shape index (κ1) is 15.4. The van der Waals surface area contributed by atoms with Gasteiger partial charge in [0.25, 0.3) is 0 Å². The van der Waals surface area contributed by atoms with Crippen LogP contribution in [0.4, 0.5) is 5.69 Å². The molecule has 114 valence electrons. The van der Waals surface area contributed by atoms with E-state index in [0.717, 1.165) is 11.4 Å². The highest BCUT2D eigenvalue weighted by molar-refractivity contribution is 6.00. The number of nitrogens with one attached hydrogen (secondary N) is 1. The molecule has 1 aromatic carbocycles. The lowest BCUT2D eigenvalue weighted by Crippen LogP contribution is -2.34. The first-order chi connectivity index (χ1) is 10.0. The Hall–Kier alpha value is -2.04. The SMILES string of the molecule is COc1ccc(N2C[C@@H](C(=O)NCC(C)C)CC2=O)cc1. The normalized spacial score (nSPS) is 18.2. The van der Waals surface area contributed by atoms with Crippen LogP contribution in [0.2, 0.25) is 0 Å². The molecule has 1 heterocycles. The lowest BCUT2D eigenvalue weighted by molar-refractivity contribution is -0.126. The molecule has 1 atom stereocenters. The molecule has 2 amide bonds. The average Bonchev–Trinajstić information content (AvgIpc) is 2.87. The largest absolute Gasteiger partial charge is 0.497 e. The lowest BCUT2D eigenvalue weighted by atomic mass is 10.1. The van der Waals surface area contributed by atoms with Crippen molar-refractivity contribution in [3.05, 3.63) is 24.3 Å². The Bertz CT molecular complexity index is 511. The van der Waals surface area contributed by atoms with Gasteiger partial charge in [-0.1, -0.05) is 13.8 Å². The highest BCUT2D eigenvalue weighted by atomic mass is 16.5. The molecular weight excluding hydrogens is 268 g/mol. The van der Waals surface area contributed by atoms with E-state index in [1.165, 1.54) is 0 Å². The molecule has 1 fully saturated rings. The monoisotopic (exact) mass is 290 g/mol. The number of benzene rings is 1. The Labute approximate surface area is 125 Å². The smallest absolute Gasteiger partial charge is 0.227 e. The number of hydrogen-bond donors (Lipinski definition) is 1. The second kappa shape index (κ2) is 6.61. The third-order valence-corrected chi connectivity index (χ3v) is 3.56. The van der Waals surface area contributed by atoms with Gasteiger partial charge >= 0.3 is 0 Å². The number of rotatable bonds is 5. The summed E-state index contributed by atoms with van der Waals surface area (Å²) >= 11 is 0. The van der Waals surface area contributed by atoms with Gasteiger partial charge in [0.05, 0.1) is 13.0 Å². The number of anilines is 1. The number of nitrogens with zero attached hydrogens (tertiary/aromatic N) is 1. The standard InChI is InChI=1S/C16H22N2O3/c1-11(2)9-17-16(20)12-8-15(19)18(10-12)13-4-6-14(21-3)7-5-13/h4-7,11-12H,8-10H2,1-3H3,(H,17,20)/t12-/m0/s1. The topological polar surface area (TPSA) is 58.6 Å². The van der Waals surface area contributed by atoms with E-state index in [-0.39, 0.29) is 24.2 Å². The fraction of sp³-hybridized carbons (Fsp3) is 0.500. The van der Waals surface area contributed by atoms with Crippen LogP contribution in [0.25, 0.3) is 0 Å². The molecule has 5 heteroatoms. The molecule has 0 spiro atoms. The number of carbonyl (C=O) groups is 2. The second-order valence-electron chi connectivity index (χ2n) is 5.74. The maximum atomic E-state index is 12.1. The van der Waals surface area contributed by atoms with Gasteiger partial charge in [0.15, 0.2) is 0 Å². The summed E-state index contributed by atoms with van der Waals surface area (Å²) in [5.41, 5.74) is 0.806.